The lowest BCUT2D eigenvalue weighted by atomic mass is 9.96. The molecule has 3 rings (SSSR count). The van der Waals surface area contributed by atoms with Gasteiger partial charge >= 0.3 is 5.97 Å². The Morgan fingerprint density at radius 2 is 2.07 bits per heavy atom. The van der Waals surface area contributed by atoms with Crippen molar-refractivity contribution in [3.63, 3.8) is 0 Å². The van der Waals surface area contributed by atoms with Crippen LogP contribution in [-0.4, -0.2) is 29.9 Å². The molecule has 0 aliphatic carbocycles. The third kappa shape index (κ3) is 3.99. The third-order valence-electron chi connectivity index (χ3n) is 4.69. The van der Waals surface area contributed by atoms with Gasteiger partial charge < -0.3 is 23.7 Å². The highest BCUT2D eigenvalue weighted by molar-refractivity contribution is 5.87. The first-order chi connectivity index (χ1) is 13.1. The molecule has 0 bridgehead atoms. The number of aliphatic hydroxyl groups is 1. The van der Waals surface area contributed by atoms with E-state index in [9.17, 15) is 14.7 Å². The summed E-state index contributed by atoms with van der Waals surface area (Å²) in [6.07, 6.45) is 0.261. The third-order valence-corrected chi connectivity index (χ3v) is 4.69. The van der Waals surface area contributed by atoms with E-state index in [2.05, 4.69) is 0 Å². The van der Waals surface area contributed by atoms with E-state index in [0.29, 0.717) is 29.7 Å². The van der Waals surface area contributed by atoms with Gasteiger partial charge in [0.25, 0.3) is 0 Å². The summed E-state index contributed by atoms with van der Waals surface area (Å²) in [6, 6.07) is 2.93. The number of hydrogen-bond donors (Lipinski definition) is 1. The molecule has 0 radical (unpaired) electrons. The molecule has 1 aromatic carbocycles. The summed E-state index contributed by atoms with van der Waals surface area (Å²) in [5, 5.41) is 10.6. The van der Waals surface area contributed by atoms with Crippen LogP contribution in [0.5, 0.6) is 11.5 Å². The van der Waals surface area contributed by atoms with E-state index in [1.54, 1.807) is 19.9 Å². The summed E-state index contributed by atoms with van der Waals surface area (Å²) in [5.74, 6) is 0.975. The predicted molar refractivity (Wildman–Crippen MR) is 103 cm³/mol. The average molecular weight is 390 g/mol. The van der Waals surface area contributed by atoms with Gasteiger partial charge in [0.15, 0.2) is 5.43 Å². The number of rotatable bonds is 6. The molecule has 0 fully saturated rings. The van der Waals surface area contributed by atoms with Crippen molar-refractivity contribution in [2.24, 2.45) is 5.92 Å². The Morgan fingerprint density at radius 3 is 2.68 bits per heavy atom. The van der Waals surface area contributed by atoms with Crippen LogP contribution < -0.4 is 14.9 Å². The molecule has 1 atom stereocenters. The number of esters is 1. The monoisotopic (exact) mass is 390 g/mol. The van der Waals surface area contributed by atoms with Crippen LogP contribution in [0.4, 0.5) is 0 Å². The van der Waals surface area contributed by atoms with Gasteiger partial charge in [0, 0.05) is 30.5 Å². The molecule has 1 aliphatic rings. The SMILES string of the molecule is COc1c2c(cc3oc(COC(=O)CC(C)C)cc(=O)c13)OC(C(C)(C)O)C2. The Hall–Kier alpha value is -2.54. The molecule has 2 aromatic rings. The molecule has 7 nitrogen and oxygen atoms in total. The molecular formula is C21H26O7. The van der Waals surface area contributed by atoms with Crippen LogP contribution in [-0.2, 0) is 22.6 Å². The Kier molecular flexibility index (Phi) is 5.39. The highest BCUT2D eigenvalue weighted by Crippen LogP contribution is 2.42. The van der Waals surface area contributed by atoms with Crippen LogP contribution in [0.1, 0.15) is 45.4 Å². The lowest BCUT2D eigenvalue weighted by Crippen LogP contribution is -2.39. The summed E-state index contributed by atoms with van der Waals surface area (Å²) < 4.78 is 22.3. The van der Waals surface area contributed by atoms with Crippen LogP contribution in [0.25, 0.3) is 11.0 Å². The molecular weight excluding hydrogens is 364 g/mol. The molecule has 152 valence electrons. The maximum atomic E-state index is 12.7. The molecule has 1 unspecified atom stereocenters. The minimum absolute atomic E-state index is 0.122. The van der Waals surface area contributed by atoms with Crippen LogP contribution in [0.15, 0.2) is 21.3 Å². The van der Waals surface area contributed by atoms with Crippen LogP contribution in [0.3, 0.4) is 0 Å². The summed E-state index contributed by atoms with van der Waals surface area (Å²) in [6.45, 7) is 7.06. The minimum Gasteiger partial charge on any atom is -0.495 e. The predicted octanol–water partition coefficient (Wildman–Crippen LogP) is 2.97. The minimum atomic E-state index is -1.05. The number of benzene rings is 1. The maximum absolute atomic E-state index is 12.7. The normalized spacial score (nSPS) is 16.2. The first kappa shape index (κ1) is 20.2. The first-order valence-electron chi connectivity index (χ1n) is 9.31. The van der Waals surface area contributed by atoms with Gasteiger partial charge in [-0.1, -0.05) is 13.8 Å². The van der Waals surface area contributed by atoms with Crippen molar-refractivity contribution in [3.8, 4) is 11.5 Å². The summed E-state index contributed by atoms with van der Waals surface area (Å²) in [7, 11) is 1.48. The van der Waals surface area contributed by atoms with Crippen molar-refractivity contribution < 1.29 is 28.5 Å². The summed E-state index contributed by atoms with van der Waals surface area (Å²) in [4.78, 5) is 24.5. The van der Waals surface area contributed by atoms with Gasteiger partial charge in [-0.15, -0.1) is 0 Å². The van der Waals surface area contributed by atoms with Gasteiger partial charge in [-0.2, -0.15) is 0 Å². The fraction of sp³-hybridized carbons (Fsp3) is 0.524. The zero-order chi connectivity index (χ0) is 20.6. The van der Waals surface area contributed by atoms with E-state index in [1.807, 2.05) is 13.8 Å². The molecule has 0 saturated carbocycles. The second-order valence-electron chi connectivity index (χ2n) is 8.06. The van der Waals surface area contributed by atoms with Crippen molar-refractivity contribution >= 4 is 16.9 Å². The topological polar surface area (TPSA) is 95.2 Å². The number of carbonyl (C=O) groups is 1. The highest BCUT2D eigenvalue weighted by atomic mass is 16.5. The van der Waals surface area contributed by atoms with Gasteiger partial charge in [-0.05, 0) is 19.8 Å². The average Bonchev–Trinajstić information content (AvgIpc) is 3.01. The Balaban J connectivity index is 1.97. The number of hydrogen-bond acceptors (Lipinski definition) is 7. The van der Waals surface area contributed by atoms with Crippen molar-refractivity contribution in [2.45, 2.75) is 58.8 Å². The standard InChI is InChI=1S/C21H26O7/c1-11(2)6-18(23)26-10-12-7-14(22)19-16(27-12)9-15-13(20(19)25-5)8-17(28-15)21(3,4)24/h7,9,11,17,24H,6,8,10H2,1-5H3. The Morgan fingerprint density at radius 1 is 1.36 bits per heavy atom. The fourth-order valence-electron chi connectivity index (χ4n) is 3.27. The van der Waals surface area contributed by atoms with E-state index in [4.69, 9.17) is 18.6 Å². The summed E-state index contributed by atoms with van der Waals surface area (Å²) >= 11 is 0. The first-order valence-corrected chi connectivity index (χ1v) is 9.31. The number of ether oxygens (including phenoxy) is 3. The van der Waals surface area contributed by atoms with Gasteiger partial charge in [0.05, 0.1) is 12.7 Å². The van der Waals surface area contributed by atoms with E-state index in [0.717, 1.165) is 5.56 Å². The van der Waals surface area contributed by atoms with E-state index < -0.39 is 11.7 Å². The molecule has 7 heteroatoms. The zero-order valence-corrected chi connectivity index (χ0v) is 16.8. The van der Waals surface area contributed by atoms with Gasteiger partial charge in [-0.3, -0.25) is 9.59 Å². The molecule has 28 heavy (non-hydrogen) atoms. The quantitative estimate of drug-likeness (QED) is 0.758. The molecule has 1 N–H and O–H groups in total. The molecule has 2 heterocycles. The summed E-state index contributed by atoms with van der Waals surface area (Å²) in [5.41, 5.74) is -0.328. The zero-order valence-electron chi connectivity index (χ0n) is 16.8. The molecule has 1 aromatic heterocycles. The molecule has 1 aliphatic heterocycles. The maximum Gasteiger partial charge on any atom is 0.306 e. The fourth-order valence-corrected chi connectivity index (χ4v) is 3.27. The van der Waals surface area contributed by atoms with E-state index in [-0.39, 0.29) is 35.3 Å². The van der Waals surface area contributed by atoms with Gasteiger partial charge in [0.1, 0.15) is 40.9 Å². The lowest BCUT2D eigenvalue weighted by molar-refractivity contribution is -0.146. The van der Waals surface area contributed by atoms with E-state index >= 15 is 0 Å². The lowest BCUT2D eigenvalue weighted by Gasteiger charge is -2.24. The van der Waals surface area contributed by atoms with Crippen molar-refractivity contribution in [1.29, 1.82) is 0 Å². The second kappa shape index (κ2) is 7.47. The highest BCUT2D eigenvalue weighted by Gasteiger charge is 2.37. The van der Waals surface area contributed by atoms with Crippen molar-refractivity contribution in [1.82, 2.24) is 0 Å². The Bertz CT molecular complexity index is 950. The van der Waals surface area contributed by atoms with Crippen LogP contribution >= 0.6 is 0 Å². The largest absolute Gasteiger partial charge is 0.495 e. The van der Waals surface area contributed by atoms with Crippen molar-refractivity contribution in [2.75, 3.05) is 7.11 Å². The number of carbonyl (C=O) groups excluding carboxylic acids is 1. The number of methoxy groups -OCH3 is 1. The van der Waals surface area contributed by atoms with Crippen LogP contribution in [0, 0.1) is 5.92 Å². The molecule has 0 saturated heterocycles. The van der Waals surface area contributed by atoms with Crippen LogP contribution in [0.2, 0.25) is 0 Å². The molecule has 0 spiro atoms. The van der Waals surface area contributed by atoms with Gasteiger partial charge in [-0.25, -0.2) is 0 Å². The Labute approximate surface area is 163 Å². The number of fused-ring (bicyclic) bond motifs is 2. The second-order valence-corrected chi connectivity index (χ2v) is 8.06. The molecule has 0 amide bonds. The van der Waals surface area contributed by atoms with E-state index in [1.165, 1.54) is 13.2 Å². The van der Waals surface area contributed by atoms with Crippen molar-refractivity contribution in [3.05, 3.63) is 33.7 Å². The smallest absolute Gasteiger partial charge is 0.306 e. The van der Waals surface area contributed by atoms with Gasteiger partial charge in [0.2, 0.25) is 0 Å².